The molecule has 0 radical (unpaired) electrons. The van der Waals surface area contributed by atoms with Crippen molar-refractivity contribution in [3.63, 3.8) is 0 Å². The SMILES string of the molecule is COc1ccccc1/C=C/C1=NN(c2ccc(Cl)cc2Cl)C(c2ccccc2OC)C1. The van der Waals surface area contributed by atoms with E-state index in [-0.39, 0.29) is 6.04 Å². The van der Waals surface area contributed by atoms with Gasteiger partial charge in [0.25, 0.3) is 0 Å². The van der Waals surface area contributed by atoms with Gasteiger partial charge in [0.15, 0.2) is 0 Å². The molecule has 0 N–H and O–H groups in total. The second-order valence-electron chi connectivity index (χ2n) is 7.07. The lowest BCUT2D eigenvalue weighted by atomic mass is 9.99. The van der Waals surface area contributed by atoms with Gasteiger partial charge in [-0.3, -0.25) is 5.01 Å². The summed E-state index contributed by atoms with van der Waals surface area (Å²) >= 11 is 12.7. The number of anilines is 1. The summed E-state index contributed by atoms with van der Waals surface area (Å²) in [5.41, 5.74) is 3.75. The monoisotopic (exact) mass is 452 g/mol. The average Bonchev–Trinajstić information content (AvgIpc) is 3.21. The maximum Gasteiger partial charge on any atom is 0.126 e. The van der Waals surface area contributed by atoms with Crippen LogP contribution in [-0.2, 0) is 0 Å². The molecule has 4 rings (SSSR count). The van der Waals surface area contributed by atoms with E-state index in [9.17, 15) is 0 Å². The molecule has 31 heavy (non-hydrogen) atoms. The van der Waals surface area contributed by atoms with Crippen molar-refractivity contribution >= 4 is 40.7 Å². The standard InChI is InChI=1S/C25H22Cl2N2O2/c1-30-24-9-5-3-7-17(24)11-13-19-16-23(20-8-4-6-10-25(20)31-2)29(28-19)22-14-12-18(26)15-21(22)27/h3-15,23H,16H2,1-2H3/b13-11+. The number of halogens is 2. The van der Waals surface area contributed by atoms with Crippen LogP contribution in [-0.4, -0.2) is 19.9 Å². The van der Waals surface area contributed by atoms with Gasteiger partial charge in [-0.05, 0) is 42.5 Å². The minimum absolute atomic E-state index is 0.0628. The molecule has 0 bridgehead atoms. The van der Waals surface area contributed by atoms with Crippen molar-refractivity contribution in [2.75, 3.05) is 19.2 Å². The number of hydrazone groups is 1. The van der Waals surface area contributed by atoms with Crippen LogP contribution in [0.4, 0.5) is 5.69 Å². The van der Waals surface area contributed by atoms with Crippen molar-refractivity contribution in [2.45, 2.75) is 12.5 Å². The lowest BCUT2D eigenvalue weighted by Crippen LogP contribution is -2.19. The Morgan fingerprint density at radius 3 is 2.35 bits per heavy atom. The first-order chi connectivity index (χ1) is 15.1. The fourth-order valence-corrected chi connectivity index (χ4v) is 4.19. The van der Waals surface area contributed by atoms with Crippen molar-refractivity contribution in [3.8, 4) is 11.5 Å². The first-order valence-electron chi connectivity index (χ1n) is 9.86. The molecule has 1 atom stereocenters. The smallest absolute Gasteiger partial charge is 0.126 e. The fraction of sp³-hybridized carbons (Fsp3) is 0.160. The minimum atomic E-state index is -0.0628. The summed E-state index contributed by atoms with van der Waals surface area (Å²) in [4.78, 5) is 0. The maximum absolute atomic E-state index is 6.54. The minimum Gasteiger partial charge on any atom is -0.496 e. The van der Waals surface area contributed by atoms with E-state index in [0.29, 0.717) is 16.5 Å². The predicted octanol–water partition coefficient (Wildman–Crippen LogP) is 7.03. The van der Waals surface area contributed by atoms with Gasteiger partial charge < -0.3 is 9.47 Å². The Kier molecular flexibility index (Phi) is 6.50. The second kappa shape index (κ2) is 9.46. The van der Waals surface area contributed by atoms with E-state index >= 15 is 0 Å². The maximum atomic E-state index is 6.54. The van der Waals surface area contributed by atoms with Crippen LogP contribution in [0, 0.1) is 0 Å². The van der Waals surface area contributed by atoms with Gasteiger partial charge in [0.2, 0.25) is 0 Å². The van der Waals surface area contributed by atoms with E-state index in [4.69, 9.17) is 37.8 Å². The number of hydrogen-bond acceptors (Lipinski definition) is 4. The third-order valence-corrected chi connectivity index (χ3v) is 5.72. The number of rotatable bonds is 6. The molecule has 0 amide bonds. The molecule has 0 aromatic heterocycles. The van der Waals surface area contributed by atoms with E-state index in [1.54, 1.807) is 20.3 Å². The normalized spacial score (nSPS) is 15.9. The summed E-state index contributed by atoms with van der Waals surface area (Å²) in [5.74, 6) is 1.63. The number of para-hydroxylation sites is 2. The largest absolute Gasteiger partial charge is 0.496 e. The molecule has 3 aromatic carbocycles. The molecule has 158 valence electrons. The summed E-state index contributed by atoms with van der Waals surface area (Å²) in [6.07, 6.45) is 4.74. The van der Waals surface area contributed by atoms with E-state index in [1.807, 2.05) is 71.8 Å². The van der Waals surface area contributed by atoms with Crippen LogP contribution in [0.1, 0.15) is 23.6 Å². The Balaban J connectivity index is 1.73. The average molecular weight is 453 g/mol. The molecular weight excluding hydrogens is 431 g/mol. The van der Waals surface area contributed by atoms with Crippen LogP contribution in [0.3, 0.4) is 0 Å². The molecule has 4 nitrogen and oxygen atoms in total. The quantitative estimate of drug-likeness (QED) is 0.402. The topological polar surface area (TPSA) is 34.1 Å². The molecule has 6 heteroatoms. The number of benzene rings is 3. The molecule has 0 saturated heterocycles. The zero-order valence-corrected chi connectivity index (χ0v) is 18.8. The number of methoxy groups -OCH3 is 2. The van der Waals surface area contributed by atoms with Gasteiger partial charge in [-0.15, -0.1) is 0 Å². The van der Waals surface area contributed by atoms with E-state index in [1.165, 1.54) is 0 Å². The van der Waals surface area contributed by atoms with E-state index in [0.717, 1.165) is 34.0 Å². The molecule has 1 aliphatic rings. The van der Waals surface area contributed by atoms with Crippen molar-refractivity contribution in [1.82, 2.24) is 0 Å². The van der Waals surface area contributed by atoms with Gasteiger partial charge in [-0.25, -0.2) is 0 Å². The van der Waals surface area contributed by atoms with E-state index < -0.39 is 0 Å². The second-order valence-corrected chi connectivity index (χ2v) is 7.91. The summed E-state index contributed by atoms with van der Waals surface area (Å²) in [7, 11) is 3.35. The zero-order valence-electron chi connectivity index (χ0n) is 17.3. The van der Waals surface area contributed by atoms with Crippen LogP contribution in [0.25, 0.3) is 6.08 Å². The van der Waals surface area contributed by atoms with Crippen LogP contribution in [0.5, 0.6) is 11.5 Å². The van der Waals surface area contributed by atoms with Crippen molar-refractivity contribution in [3.05, 3.63) is 94.0 Å². The Morgan fingerprint density at radius 2 is 1.61 bits per heavy atom. The lowest BCUT2D eigenvalue weighted by Gasteiger charge is -2.26. The first kappa shape index (κ1) is 21.3. The Bertz CT molecular complexity index is 1140. The molecule has 1 heterocycles. The molecule has 0 spiro atoms. The summed E-state index contributed by atoms with van der Waals surface area (Å²) in [6.45, 7) is 0. The summed E-state index contributed by atoms with van der Waals surface area (Å²) in [5, 5.41) is 7.97. The van der Waals surface area contributed by atoms with Crippen LogP contribution in [0.2, 0.25) is 10.0 Å². The molecule has 1 aliphatic heterocycles. The Hall–Kier alpha value is -2.95. The first-order valence-corrected chi connectivity index (χ1v) is 10.6. The number of nitrogens with zero attached hydrogens (tertiary/aromatic N) is 2. The highest BCUT2D eigenvalue weighted by molar-refractivity contribution is 6.36. The molecule has 0 saturated carbocycles. The highest BCUT2D eigenvalue weighted by Crippen LogP contribution is 2.42. The third kappa shape index (κ3) is 4.55. The van der Waals surface area contributed by atoms with Crippen LogP contribution >= 0.6 is 23.2 Å². The van der Waals surface area contributed by atoms with Gasteiger partial charge in [-0.2, -0.15) is 5.10 Å². The van der Waals surface area contributed by atoms with E-state index in [2.05, 4.69) is 6.07 Å². The molecule has 0 fully saturated rings. The van der Waals surface area contributed by atoms with Gasteiger partial charge >= 0.3 is 0 Å². The number of hydrogen-bond donors (Lipinski definition) is 0. The molecule has 3 aromatic rings. The Morgan fingerprint density at radius 1 is 0.903 bits per heavy atom. The summed E-state index contributed by atoms with van der Waals surface area (Å²) in [6, 6.07) is 21.2. The van der Waals surface area contributed by atoms with Crippen molar-refractivity contribution in [1.29, 1.82) is 0 Å². The van der Waals surface area contributed by atoms with Gasteiger partial charge in [0.1, 0.15) is 11.5 Å². The third-order valence-electron chi connectivity index (χ3n) is 5.18. The van der Waals surface area contributed by atoms with Crippen LogP contribution < -0.4 is 14.5 Å². The molecular formula is C25H22Cl2N2O2. The predicted molar refractivity (Wildman–Crippen MR) is 129 cm³/mol. The number of allylic oxidation sites excluding steroid dienone is 1. The highest BCUT2D eigenvalue weighted by Gasteiger charge is 2.31. The van der Waals surface area contributed by atoms with Crippen LogP contribution in [0.15, 0.2) is 77.9 Å². The van der Waals surface area contributed by atoms with Gasteiger partial charge in [0.05, 0.1) is 36.7 Å². The Labute approximate surface area is 192 Å². The van der Waals surface area contributed by atoms with Crippen molar-refractivity contribution in [2.24, 2.45) is 5.10 Å². The van der Waals surface area contributed by atoms with Gasteiger partial charge in [-0.1, -0.05) is 59.6 Å². The highest BCUT2D eigenvalue weighted by atomic mass is 35.5. The van der Waals surface area contributed by atoms with Gasteiger partial charge in [0, 0.05) is 22.6 Å². The van der Waals surface area contributed by atoms with Crippen molar-refractivity contribution < 1.29 is 9.47 Å². The summed E-state index contributed by atoms with van der Waals surface area (Å²) < 4.78 is 11.1. The zero-order chi connectivity index (χ0) is 21.8. The molecule has 0 aliphatic carbocycles. The number of ether oxygens (including phenoxy) is 2. The fourth-order valence-electron chi connectivity index (χ4n) is 3.70. The molecule has 1 unspecified atom stereocenters. The lowest BCUT2D eigenvalue weighted by molar-refractivity contribution is 0.405.